The van der Waals surface area contributed by atoms with Crippen molar-refractivity contribution in [3.8, 4) is 0 Å². The van der Waals surface area contributed by atoms with E-state index in [1.54, 1.807) is 9.80 Å². The molecule has 2 saturated carbocycles. The van der Waals surface area contributed by atoms with Gasteiger partial charge >= 0.3 is 12.4 Å². The number of carbonyl (C=O) groups excluding carboxylic acids is 1. The molecule has 1 heterocycles. The second-order valence-electron chi connectivity index (χ2n) is 9.76. The van der Waals surface area contributed by atoms with Crippen molar-refractivity contribution in [1.29, 1.82) is 0 Å². The van der Waals surface area contributed by atoms with Crippen molar-refractivity contribution in [3.05, 3.63) is 0 Å². The van der Waals surface area contributed by atoms with Crippen molar-refractivity contribution in [2.45, 2.75) is 86.9 Å². The number of nitrogens with zero attached hydrogens (tertiary/aromatic N) is 2. The zero-order valence-electron chi connectivity index (χ0n) is 18.5. The molecule has 1 amide bonds. The van der Waals surface area contributed by atoms with Gasteiger partial charge in [-0.3, -0.25) is 4.79 Å². The van der Waals surface area contributed by atoms with Crippen LogP contribution >= 0.6 is 23.2 Å². The average molecular weight is 525 g/mol. The van der Waals surface area contributed by atoms with Crippen LogP contribution in [-0.2, 0) is 4.79 Å². The van der Waals surface area contributed by atoms with Gasteiger partial charge < -0.3 is 9.80 Å². The zero-order chi connectivity index (χ0) is 24.4. The fourth-order valence-electron chi connectivity index (χ4n) is 5.71. The number of rotatable bonds is 3. The van der Waals surface area contributed by atoms with E-state index in [-0.39, 0.29) is 43.1 Å². The van der Waals surface area contributed by atoms with E-state index in [4.69, 9.17) is 23.2 Å². The van der Waals surface area contributed by atoms with Gasteiger partial charge in [0.05, 0.1) is 29.0 Å². The predicted octanol–water partition coefficient (Wildman–Crippen LogP) is 6.23. The Hall–Kier alpha value is -0.410. The molecule has 0 aromatic carbocycles. The first-order valence-electron chi connectivity index (χ1n) is 11.8. The number of hydrogen-bond acceptors (Lipinski definition) is 2. The Morgan fingerprint density at radius 3 is 2.27 bits per heavy atom. The third kappa shape index (κ3) is 7.29. The highest BCUT2D eigenvalue weighted by Gasteiger charge is 2.48. The van der Waals surface area contributed by atoms with E-state index in [1.165, 1.54) is 0 Å². The molecule has 6 unspecified atom stereocenters. The lowest BCUT2D eigenvalue weighted by molar-refractivity contribution is -0.190. The third-order valence-electron chi connectivity index (χ3n) is 7.53. The quantitative estimate of drug-likeness (QED) is 0.323. The summed E-state index contributed by atoms with van der Waals surface area (Å²) >= 11 is 12.8. The van der Waals surface area contributed by atoms with Crippen LogP contribution in [0.5, 0.6) is 0 Å². The standard InChI is InChI=1S/C22H32Cl2F6N2O/c23-17-4-1-3-16(19(17)24)20(33)32-10-2-9-31(12-8-21(25,26)27)11-7-14-13-15(22(28,29)30)5-6-18(14)32/h14-19H,1-13H2. The highest BCUT2D eigenvalue weighted by Crippen LogP contribution is 2.44. The van der Waals surface area contributed by atoms with Gasteiger partial charge in [0, 0.05) is 19.1 Å². The Labute approximate surface area is 201 Å². The molecule has 11 heteroatoms. The minimum absolute atomic E-state index is 0.0423. The van der Waals surface area contributed by atoms with Crippen LogP contribution in [0.3, 0.4) is 0 Å². The molecule has 1 aliphatic heterocycles. The van der Waals surface area contributed by atoms with Gasteiger partial charge in [-0.15, -0.1) is 23.2 Å². The van der Waals surface area contributed by atoms with Crippen molar-refractivity contribution >= 4 is 29.1 Å². The summed E-state index contributed by atoms with van der Waals surface area (Å²) in [6, 6.07) is -0.349. The van der Waals surface area contributed by atoms with E-state index in [1.807, 2.05) is 0 Å². The van der Waals surface area contributed by atoms with E-state index in [0.717, 1.165) is 6.42 Å². The van der Waals surface area contributed by atoms with Crippen LogP contribution in [0.25, 0.3) is 0 Å². The van der Waals surface area contributed by atoms with Crippen LogP contribution in [0.15, 0.2) is 0 Å². The Kier molecular flexibility index (Phi) is 9.15. The summed E-state index contributed by atoms with van der Waals surface area (Å²) in [5.41, 5.74) is 0. The first-order valence-corrected chi connectivity index (χ1v) is 12.7. The lowest BCUT2D eigenvalue weighted by Crippen LogP contribution is -2.53. The van der Waals surface area contributed by atoms with Gasteiger partial charge in [0.25, 0.3) is 0 Å². The molecule has 3 nitrogen and oxygen atoms in total. The summed E-state index contributed by atoms with van der Waals surface area (Å²) in [6.45, 7) is 0.800. The smallest absolute Gasteiger partial charge is 0.339 e. The summed E-state index contributed by atoms with van der Waals surface area (Å²) in [7, 11) is 0. The normalized spacial score (nSPS) is 35.3. The molecule has 2 aliphatic carbocycles. The highest BCUT2D eigenvalue weighted by atomic mass is 35.5. The zero-order valence-corrected chi connectivity index (χ0v) is 20.0. The number of amides is 1. The summed E-state index contributed by atoms with van der Waals surface area (Å²) < 4.78 is 78.7. The largest absolute Gasteiger partial charge is 0.391 e. The van der Waals surface area contributed by atoms with Gasteiger partial charge in [0.1, 0.15) is 0 Å². The SMILES string of the molecule is O=C(C1CCCC(Cl)C1Cl)N1CCCN(CCC(F)(F)F)CCC2CC(C(F)(F)F)CCC21. The minimum Gasteiger partial charge on any atom is -0.339 e. The average Bonchev–Trinajstić information content (AvgIpc) is 2.81. The molecule has 0 N–H and O–H groups in total. The topological polar surface area (TPSA) is 23.6 Å². The number of halogens is 8. The second kappa shape index (κ2) is 11.1. The molecule has 3 rings (SSSR count). The van der Waals surface area contributed by atoms with E-state index in [0.29, 0.717) is 45.3 Å². The van der Waals surface area contributed by atoms with Crippen LogP contribution in [0.2, 0.25) is 0 Å². The Morgan fingerprint density at radius 1 is 0.879 bits per heavy atom. The van der Waals surface area contributed by atoms with Gasteiger partial charge in [-0.1, -0.05) is 6.42 Å². The van der Waals surface area contributed by atoms with Gasteiger partial charge in [0.2, 0.25) is 5.91 Å². The molecule has 33 heavy (non-hydrogen) atoms. The Bertz CT molecular complexity index is 662. The highest BCUT2D eigenvalue weighted by molar-refractivity contribution is 6.31. The van der Waals surface area contributed by atoms with Crippen molar-refractivity contribution in [3.63, 3.8) is 0 Å². The predicted molar refractivity (Wildman–Crippen MR) is 115 cm³/mol. The number of hydrogen-bond donors (Lipinski definition) is 0. The summed E-state index contributed by atoms with van der Waals surface area (Å²) in [5.74, 6) is -2.50. The van der Waals surface area contributed by atoms with Crippen LogP contribution in [0.4, 0.5) is 26.3 Å². The van der Waals surface area contributed by atoms with Gasteiger partial charge in [-0.2, -0.15) is 26.3 Å². The number of carbonyl (C=O) groups is 1. The maximum Gasteiger partial charge on any atom is 0.391 e. The van der Waals surface area contributed by atoms with E-state index < -0.39 is 41.9 Å². The van der Waals surface area contributed by atoms with Crippen molar-refractivity contribution in [2.24, 2.45) is 17.8 Å². The van der Waals surface area contributed by atoms with Crippen molar-refractivity contribution < 1.29 is 31.1 Å². The summed E-state index contributed by atoms with van der Waals surface area (Å²) in [5, 5.41) is -0.865. The lowest BCUT2D eigenvalue weighted by atomic mass is 9.74. The Morgan fingerprint density at radius 2 is 1.61 bits per heavy atom. The van der Waals surface area contributed by atoms with Crippen molar-refractivity contribution in [2.75, 3.05) is 26.2 Å². The molecule has 0 aromatic rings. The summed E-state index contributed by atoms with van der Waals surface area (Å²) in [6.07, 6.45) is -6.58. The first kappa shape index (κ1) is 27.2. The van der Waals surface area contributed by atoms with E-state index in [9.17, 15) is 31.1 Å². The molecule has 3 fully saturated rings. The van der Waals surface area contributed by atoms with Crippen LogP contribution in [-0.4, -0.2) is 71.0 Å². The number of alkyl halides is 8. The van der Waals surface area contributed by atoms with Crippen LogP contribution in [0.1, 0.15) is 57.8 Å². The molecule has 6 atom stereocenters. The van der Waals surface area contributed by atoms with E-state index >= 15 is 0 Å². The molecular formula is C22H32Cl2F6N2O. The van der Waals surface area contributed by atoms with Crippen LogP contribution in [0, 0.1) is 17.8 Å². The van der Waals surface area contributed by atoms with Gasteiger partial charge in [0.15, 0.2) is 0 Å². The molecule has 1 saturated heterocycles. The second-order valence-corrected chi connectivity index (χ2v) is 10.8. The van der Waals surface area contributed by atoms with Crippen LogP contribution < -0.4 is 0 Å². The maximum absolute atomic E-state index is 13.6. The van der Waals surface area contributed by atoms with Crippen molar-refractivity contribution in [1.82, 2.24) is 9.80 Å². The molecule has 192 valence electrons. The first-order chi connectivity index (χ1) is 15.4. The van der Waals surface area contributed by atoms with Gasteiger partial charge in [-0.25, -0.2) is 0 Å². The summed E-state index contributed by atoms with van der Waals surface area (Å²) in [4.78, 5) is 16.9. The fraction of sp³-hybridized carbons (Fsp3) is 0.955. The van der Waals surface area contributed by atoms with Gasteiger partial charge in [-0.05, 0) is 64.0 Å². The molecule has 0 aromatic heterocycles. The molecule has 0 bridgehead atoms. The number of fused-ring (bicyclic) bond motifs is 1. The third-order valence-corrected chi connectivity index (χ3v) is 8.76. The molecular weight excluding hydrogens is 493 g/mol. The molecule has 0 spiro atoms. The lowest BCUT2D eigenvalue weighted by Gasteiger charge is -2.45. The minimum atomic E-state index is -4.31. The monoisotopic (exact) mass is 524 g/mol. The molecule has 3 aliphatic rings. The molecule has 0 radical (unpaired) electrons. The maximum atomic E-state index is 13.6. The fourth-order valence-corrected chi connectivity index (χ4v) is 6.40. The van der Waals surface area contributed by atoms with E-state index in [2.05, 4.69) is 0 Å². The Balaban J connectivity index is 1.79.